The molecule has 1 amide bonds. The summed E-state index contributed by atoms with van der Waals surface area (Å²) in [7, 11) is 0. The van der Waals surface area contributed by atoms with Crippen LogP contribution in [0, 0.1) is 0 Å². The number of aliphatic hydroxyl groups is 8. The number of hydrogen-bond acceptors (Lipinski definition) is 13. The van der Waals surface area contributed by atoms with Crippen molar-refractivity contribution >= 4 is 5.91 Å². The molecular formula is C50H91NO13. The van der Waals surface area contributed by atoms with Gasteiger partial charge in [0, 0.05) is 6.42 Å². The van der Waals surface area contributed by atoms with Crippen molar-refractivity contribution in [2.75, 3.05) is 19.8 Å². The van der Waals surface area contributed by atoms with Crippen LogP contribution in [0.4, 0.5) is 0 Å². The van der Waals surface area contributed by atoms with Crippen molar-refractivity contribution in [2.45, 2.75) is 254 Å². The standard InChI is InChI=1S/C50H91NO13/c1-3-5-7-9-11-13-15-17-19-21-23-25-27-29-31-33-39(54)38(51-42(55)34-32-30-28-26-24-22-20-18-16-14-12-10-8-6-4-2)37-61-49-47(60)45(58)48(41(36-53)63-49)64-50-46(59)44(57)43(56)40(35-52)62-50/h12,14,18,20,31,33,38-41,43-50,52-54,56-60H,3-11,13,15-17,19,21-30,32,34-37H2,1-2H3,(H,51,55)/b14-12-,20-18-,33-31+. The fourth-order valence-corrected chi connectivity index (χ4v) is 8.14. The van der Waals surface area contributed by atoms with Crippen LogP contribution >= 0.6 is 0 Å². The summed E-state index contributed by atoms with van der Waals surface area (Å²) in [6, 6.07) is -0.919. The van der Waals surface area contributed by atoms with Crippen molar-refractivity contribution in [3.8, 4) is 0 Å². The molecule has 0 bridgehead atoms. The topological polar surface area (TPSA) is 228 Å². The summed E-state index contributed by atoms with van der Waals surface area (Å²) in [5, 5.41) is 86.7. The van der Waals surface area contributed by atoms with Crippen molar-refractivity contribution in [1.29, 1.82) is 0 Å². The molecule has 14 nitrogen and oxygen atoms in total. The molecule has 9 N–H and O–H groups in total. The average Bonchev–Trinajstić information content (AvgIpc) is 3.29. The Morgan fingerprint density at radius 3 is 1.59 bits per heavy atom. The van der Waals surface area contributed by atoms with E-state index in [2.05, 4.69) is 43.5 Å². The molecule has 2 fully saturated rings. The van der Waals surface area contributed by atoms with Crippen LogP contribution in [0.25, 0.3) is 0 Å². The first-order valence-electron chi connectivity index (χ1n) is 25.2. The number of aliphatic hydroxyl groups excluding tert-OH is 8. The summed E-state index contributed by atoms with van der Waals surface area (Å²) >= 11 is 0. The van der Waals surface area contributed by atoms with Gasteiger partial charge in [0.05, 0.1) is 32.0 Å². The van der Waals surface area contributed by atoms with Gasteiger partial charge in [0.15, 0.2) is 12.6 Å². The Morgan fingerprint density at radius 1 is 0.562 bits per heavy atom. The lowest BCUT2D eigenvalue weighted by Crippen LogP contribution is -2.65. The molecule has 2 aliphatic rings. The number of allylic oxidation sites excluding steroid dienone is 5. The molecule has 0 radical (unpaired) electrons. The van der Waals surface area contributed by atoms with Gasteiger partial charge in [0.1, 0.15) is 48.8 Å². The number of hydrogen-bond donors (Lipinski definition) is 9. The first kappa shape index (κ1) is 58.3. The Labute approximate surface area is 385 Å². The number of ether oxygens (including phenoxy) is 4. The van der Waals surface area contributed by atoms with Crippen LogP contribution in [0.2, 0.25) is 0 Å². The van der Waals surface area contributed by atoms with Crippen LogP contribution in [0.5, 0.6) is 0 Å². The van der Waals surface area contributed by atoms with Gasteiger partial charge >= 0.3 is 0 Å². The first-order chi connectivity index (χ1) is 31.1. The Balaban J connectivity index is 1.87. The fraction of sp³-hybridized carbons (Fsp3) is 0.860. The minimum absolute atomic E-state index is 0.255. The van der Waals surface area contributed by atoms with Crippen molar-refractivity contribution in [1.82, 2.24) is 5.32 Å². The Morgan fingerprint density at radius 2 is 1.03 bits per heavy atom. The summed E-state index contributed by atoms with van der Waals surface area (Å²) in [6.45, 7) is 2.74. The van der Waals surface area contributed by atoms with E-state index in [1.54, 1.807) is 6.08 Å². The normalized spacial score (nSPS) is 27.5. The minimum atomic E-state index is -1.79. The van der Waals surface area contributed by atoms with Crippen LogP contribution in [0.3, 0.4) is 0 Å². The predicted molar refractivity (Wildman–Crippen MR) is 249 cm³/mol. The molecule has 374 valence electrons. The van der Waals surface area contributed by atoms with Crippen molar-refractivity contribution in [3.05, 3.63) is 36.5 Å². The molecule has 14 heteroatoms. The lowest BCUT2D eigenvalue weighted by molar-refractivity contribution is -0.359. The maximum absolute atomic E-state index is 13.1. The van der Waals surface area contributed by atoms with Crippen LogP contribution in [0.15, 0.2) is 36.5 Å². The Hall–Kier alpha value is -1.79. The molecule has 2 rings (SSSR count). The van der Waals surface area contributed by atoms with E-state index < -0.39 is 86.8 Å². The Bertz CT molecular complexity index is 1220. The third-order valence-electron chi connectivity index (χ3n) is 12.3. The summed E-state index contributed by atoms with van der Waals surface area (Å²) < 4.78 is 22.7. The largest absolute Gasteiger partial charge is 0.394 e. The molecule has 12 atom stereocenters. The van der Waals surface area contributed by atoms with Gasteiger partial charge in [0.2, 0.25) is 5.91 Å². The maximum Gasteiger partial charge on any atom is 0.220 e. The highest BCUT2D eigenvalue weighted by Gasteiger charge is 2.51. The summed E-state index contributed by atoms with van der Waals surface area (Å²) in [5.41, 5.74) is 0. The lowest BCUT2D eigenvalue weighted by Gasteiger charge is -2.46. The number of amides is 1. The first-order valence-corrected chi connectivity index (χ1v) is 25.2. The van der Waals surface area contributed by atoms with E-state index in [1.165, 1.54) is 89.9 Å². The highest BCUT2D eigenvalue weighted by Crippen LogP contribution is 2.30. The van der Waals surface area contributed by atoms with Crippen LogP contribution in [-0.2, 0) is 23.7 Å². The van der Waals surface area contributed by atoms with Gasteiger partial charge in [-0.1, -0.05) is 159 Å². The molecule has 2 aliphatic heterocycles. The predicted octanol–water partition coefficient (Wildman–Crippen LogP) is 6.32. The zero-order valence-corrected chi connectivity index (χ0v) is 39.5. The molecule has 64 heavy (non-hydrogen) atoms. The second-order valence-corrected chi connectivity index (χ2v) is 17.9. The van der Waals surface area contributed by atoms with E-state index in [1.807, 2.05) is 6.08 Å². The van der Waals surface area contributed by atoms with E-state index in [0.29, 0.717) is 6.42 Å². The molecule has 12 unspecified atom stereocenters. The second kappa shape index (κ2) is 37.2. The van der Waals surface area contributed by atoms with Crippen LogP contribution < -0.4 is 5.32 Å². The lowest BCUT2D eigenvalue weighted by atomic mass is 9.97. The van der Waals surface area contributed by atoms with Crippen LogP contribution in [-0.4, -0.2) is 140 Å². The number of rotatable bonds is 38. The SMILES string of the molecule is CCCCC/C=C\C/C=C\CCCCCCCC(=O)NC(COC1OC(CO)C(OC2OC(CO)C(O)C(O)C2O)C(O)C1O)C(O)/C=C/CCCCCCCCCCCCCCC. The van der Waals surface area contributed by atoms with Gasteiger partial charge in [-0.2, -0.15) is 0 Å². The van der Waals surface area contributed by atoms with Crippen molar-refractivity contribution in [3.63, 3.8) is 0 Å². The van der Waals surface area contributed by atoms with Gasteiger partial charge < -0.3 is 65.1 Å². The highest BCUT2D eigenvalue weighted by molar-refractivity contribution is 5.76. The second-order valence-electron chi connectivity index (χ2n) is 17.9. The summed E-state index contributed by atoms with van der Waals surface area (Å²) in [5.74, 6) is -0.255. The molecule has 0 spiro atoms. The van der Waals surface area contributed by atoms with Gasteiger partial charge in [-0.25, -0.2) is 0 Å². The van der Waals surface area contributed by atoms with E-state index in [-0.39, 0.29) is 18.9 Å². The number of nitrogens with one attached hydrogen (secondary N) is 1. The molecule has 2 heterocycles. The third-order valence-corrected chi connectivity index (χ3v) is 12.3. The maximum atomic E-state index is 13.1. The summed E-state index contributed by atoms with van der Waals surface area (Å²) in [6.07, 6.45) is 24.6. The highest BCUT2D eigenvalue weighted by atomic mass is 16.7. The minimum Gasteiger partial charge on any atom is -0.394 e. The number of unbranched alkanes of at least 4 members (excludes halogenated alkanes) is 21. The number of carbonyl (C=O) groups excluding carboxylic acids is 1. The van der Waals surface area contributed by atoms with E-state index in [4.69, 9.17) is 18.9 Å². The summed E-state index contributed by atoms with van der Waals surface area (Å²) in [4.78, 5) is 13.1. The molecule has 0 aromatic carbocycles. The fourth-order valence-electron chi connectivity index (χ4n) is 8.14. The van der Waals surface area contributed by atoms with Gasteiger partial charge in [-0.15, -0.1) is 0 Å². The quantitative estimate of drug-likeness (QED) is 0.0244. The van der Waals surface area contributed by atoms with E-state index in [9.17, 15) is 45.6 Å². The molecule has 0 aromatic rings. The molecular weight excluding hydrogens is 823 g/mol. The zero-order chi connectivity index (χ0) is 46.8. The smallest absolute Gasteiger partial charge is 0.220 e. The van der Waals surface area contributed by atoms with Gasteiger partial charge in [-0.3, -0.25) is 4.79 Å². The van der Waals surface area contributed by atoms with Crippen LogP contribution in [0.1, 0.15) is 181 Å². The molecule has 0 saturated carbocycles. The van der Waals surface area contributed by atoms with Gasteiger partial charge in [0.25, 0.3) is 0 Å². The number of carbonyl (C=O) groups is 1. The molecule has 0 aliphatic carbocycles. The van der Waals surface area contributed by atoms with Crippen molar-refractivity contribution in [2.24, 2.45) is 0 Å². The third kappa shape index (κ3) is 24.3. The Kier molecular flexibility index (Phi) is 33.9. The monoisotopic (exact) mass is 914 g/mol. The molecule has 2 saturated heterocycles. The van der Waals surface area contributed by atoms with E-state index in [0.717, 1.165) is 64.2 Å². The molecule has 0 aromatic heterocycles. The van der Waals surface area contributed by atoms with Crippen molar-refractivity contribution < 1.29 is 64.6 Å². The average molecular weight is 914 g/mol. The van der Waals surface area contributed by atoms with E-state index >= 15 is 0 Å². The van der Waals surface area contributed by atoms with Gasteiger partial charge in [-0.05, 0) is 51.4 Å². The zero-order valence-electron chi connectivity index (χ0n) is 39.5.